The van der Waals surface area contributed by atoms with E-state index < -0.39 is 0 Å². The number of hydrogen-bond acceptors (Lipinski definition) is 4. The van der Waals surface area contributed by atoms with Crippen LogP contribution in [0.4, 0.5) is 0 Å². The summed E-state index contributed by atoms with van der Waals surface area (Å²) >= 11 is 6.45. The Morgan fingerprint density at radius 1 is 1.08 bits per heavy atom. The lowest BCUT2D eigenvalue weighted by molar-refractivity contribution is 0.187. The number of hydrogen-bond donors (Lipinski definition) is 2. The number of ether oxygens (including phenoxy) is 2. The first-order chi connectivity index (χ1) is 12.4. The first-order valence-electron chi connectivity index (χ1n) is 8.84. The van der Waals surface area contributed by atoms with Crippen molar-refractivity contribution in [3.63, 3.8) is 0 Å². The van der Waals surface area contributed by atoms with E-state index in [0.717, 1.165) is 11.1 Å². The van der Waals surface area contributed by atoms with Crippen molar-refractivity contribution in [3.05, 3.63) is 58.1 Å². The molecule has 2 aromatic carbocycles. The van der Waals surface area contributed by atoms with Gasteiger partial charge < -0.3 is 19.9 Å². The van der Waals surface area contributed by atoms with E-state index >= 15 is 0 Å². The number of rotatable bonds is 9. The molecule has 0 fully saturated rings. The molecule has 0 heterocycles. The quantitative estimate of drug-likeness (QED) is 0.676. The molecule has 0 aliphatic rings. The number of aliphatic hydroxyl groups excluding tert-OH is 1. The van der Waals surface area contributed by atoms with Gasteiger partial charge in [0.25, 0.3) is 0 Å². The van der Waals surface area contributed by atoms with Crippen molar-refractivity contribution < 1.29 is 14.6 Å². The smallest absolute Gasteiger partial charge is 0.163 e. The summed E-state index contributed by atoms with van der Waals surface area (Å²) in [5.74, 6) is 1.30. The number of benzene rings is 2. The van der Waals surface area contributed by atoms with Crippen LogP contribution in [0.5, 0.6) is 11.5 Å². The van der Waals surface area contributed by atoms with Crippen LogP contribution in [0.15, 0.2) is 36.4 Å². The van der Waals surface area contributed by atoms with Crippen molar-refractivity contribution >= 4 is 11.6 Å². The predicted octanol–water partition coefficient (Wildman–Crippen LogP) is 4.49. The molecule has 2 aromatic rings. The Bertz CT molecular complexity index is 731. The third-order valence-electron chi connectivity index (χ3n) is 4.21. The molecule has 0 unspecified atom stereocenters. The van der Waals surface area contributed by atoms with Crippen LogP contribution in [0.2, 0.25) is 5.02 Å². The summed E-state index contributed by atoms with van der Waals surface area (Å²) in [6.45, 7) is 9.44. The van der Waals surface area contributed by atoms with Crippen LogP contribution in [0.1, 0.15) is 37.5 Å². The Hall–Kier alpha value is -1.75. The summed E-state index contributed by atoms with van der Waals surface area (Å²) in [7, 11) is 0. The van der Waals surface area contributed by atoms with Gasteiger partial charge in [0.05, 0.1) is 13.2 Å². The Morgan fingerprint density at radius 3 is 2.42 bits per heavy atom. The highest BCUT2D eigenvalue weighted by atomic mass is 35.5. The van der Waals surface area contributed by atoms with E-state index in [4.69, 9.17) is 21.1 Å². The zero-order valence-corrected chi connectivity index (χ0v) is 16.7. The van der Waals surface area contributed by atoms with Gasteiger partial charge in [-0.3, -0.25) is 0 Å². The van der Waals surface area contributed by atoms with Gasteiger partial charge in [-0.05, 0) is 50.5 Å². The van der Waals surface area contributed by atoms with Crippen LogP contribution >= 0.6 is 11.6 Å². The lowest BCUT2D eigenvalue weighted by Gasteiger charge is -2.24. The fourth-order valence-electron chi connectivity index (χ4n) is 2.41. The van der Waals surface area contributed by atoms with E-state index in [1.807, 2.05) is 45.0 Å². The van der Waals surface area contributed by atoms with Crippen LogP contribution in [0.3, 0.4) is 0 Å². The van der Waals surface area contributed by atoms with Gasteiger partial charge in [0.15, 0.2) is 11.5 Å². The molecule has 0 aromatic heterocycles. The molecular weight excluding hydrogens is 350 g/mol. The predicted molar refractivity (Wildman–Crippen MR) is 106 cm³/mol. The normalized spacial score (nSPS) is 11.5. The molecule has 26 heavy (non-hydrogen) atoms. The van der Waals surface area contributed by atoms with Gasteiger partial charge in [0.2, 0.25) is 0 Å². The average molecular weight is 378 g/mol. The van der Waals surface area contributed by atoms with Gasteiger partial charge >= 0.3 is 0 Å². The monoisotopic (exact) mass is 377 g/mol. The Kier molecular flexibility index (Phi) is 7.33. The average Bonchev–Trinajstić information content (AvgIpc) is 2.62. The van der Waals surface area contributed by atoms with E-state index in [1.54, 1.807) is 6.07 Å². The molecule has 0 aliphatic heterocycles. The molecule has 2 N–H and O–H groups in total. The second-order valence-electron chi connectivity index (χ2n) is 6.93. The summed E-state index contributed by atoms with van der Waals surface area (Å²) < 4.78 is 11.7. The van der Waals surface area contributed by atoms with Gasteiger partial charge in [0, 0.05) is 23.2 Å². The van der Waals surface area contributed by atoms with Crippen LogP contribution in [0, 0.1) is 6.92 Å². The number of halogens is 1. The number of nitrogens with one attached hydrogen (secondary N) is 1. The largest absolute Gasteiger partial charge is 0.490 e. The maximum atomic E-state index is 9.38. The zero-order valence-electron chi connectivity index (χ0n) is 15.9. The molecule has 2 rings (SSSR count). The fourth-order valence-corrected chi connectivity index (χ4v) is 2.63. The SMILES string of the molecule is CCOc1cc(CNC(C)(C)CO)c(Cl)cc1OCc1ccccc1C. The Balaban J connectivity index is 2.18. The number of aliphatic hydroxyl groups is 1. The summed E-state index contributed by atoms with van der Waals surface area (Å²) in [4.78, 5) is 0. The van der Waals surface area contributed by atoms with Gasteiger partial charge in [-0.1, -0.05) is 35.9 Å². The van der Waals surface area contributed by atoms with Crippen LogP contribution in [-0.2, 0) is 13.2 Å². The van der Waals surface area contributed by atoms with E-state index in [9.17, 15) is 5.11 Å². The van der Waals surface area contributed by atoms with Crippen molar-refractivity contribution in [3.8, 4) is 11.5 Å². The van der Waals surface area contributed by atoms with Crippen molar-refractivity contribution in [2.75, 3.05) is 13.2 Å². The molecule has 0 radical (unpaired) electrons. The van der Waals surface area contributed by atoms with E-state index in [2.05, 4.69) is 18.3 Å². The minimum atomic E-state index is -0.380. The molecule has 0 spiro atoms. The van der Waals surface area contributed by atoms with E-state index in [-0.39, 0.29) is 12.1 Å². The summed E-state index contributed by atoms with van der Waals surface area (Å²) in [6.07, 6.45) is 0. The molecule has 0 amide bonds. The van der Waals surface area contributed by atoms with Gasteiger partial charge in [-0.25, -0.2) is 0 Å². The minimum Gasteiger partial charge on any atom is -0.490 e. The first kappa shape index (κ1) is 20.6. The molecule has 0 atom stereocenters. The summed E-state index contributed by atoms with van der Waals surface area (Å²) in [5, 5.41) is 13.3. The summed E-state index contributed by atoms with van der Waals surface area (Å²) in [6, 6.07) is 11.8. The molecule has 0 aliphatic carbocycles. The highest BCUT2D eigenvalue weighted by Crippen LogP contribution is 2.34. The molecule has 5 heteroatoms. The maximum absolute atomic E-state index is 9.38. The molecule has 0 bridgehead atoms. The second-order valence-corrected chi connectivity index (χ2v) is 7.34. The zero-order chi connectivity index (χ0) is 19.2. The van der Waals surface area contributed by atoms with E-state index in [0.29, 0.717) is 36.3 Å². The standard InChI is InChI=1S/C21H28ClNO3/c1-5-25-19-10-17(12-23-21(3,4)14-24)18(22)11-20(19)26-13-16-9-7-6-8-15(16)2/h6-11,23-24H,5,12-14H2,1-4H3. The van der Waals surface area contributed by atoms with Crippen molar-refractivity contribution in [2.45, 2.75) is 46.4 Å². The van der Waals surface area contributed by atoms with Gasteiger partial charge in [0.1, 0.15) is 6.61 Å². The summed E-state index contributed by atoms with van der Waals surface area (Å²) in [5.41, 5.74) is 2.83. The maximum Gasteiger partial charge on any atom is 0.163 e. The van der Waals surface area contributed by atoms with Gasteiger partial charge in [-0.15, -0.1) is 0 Å². The lowest BCUT2D eigenvalue weighted by atomic mass is 10.1. The molecule has 142 valence electrons. The Morgan fingerprint density at radius 2 is 1.77 bits per heavy atom. The molecule has 0 saturated carbocycles. The first-order valence-corrected chi connectivity index (χ1v) is 9.22. The van der Waals surface area contributed by atoms with Crippen molar-refractivity contribution in [1.29, 1.82) is 0 Å². The second kappa shape index (κ2) is 9.26. The third kappa shape index (κ3) is 5.63. The molecular formula is C21H28ClNO3. The van der Waals surface area contributed by atoms with Crippen LogP contribution < -0.4 is 14.8 Å². The minimum absolute atomic E-state index is 0.0422. The highest BCUT2D eigenvalue weighted by Gasteiger charge is 2.17. The molecule has 0 saturated heterocycles. The lowest BCUT2D eigenvalue weighted by Crippen LogP contribution is -2.42. The van der Waals surface area contributed by atoms with Crippen LogP contribution in [-0.4, -0.2) is 23.9 Å². The third-order valence-corrected chi connectivity index (χ3v) is 4.56. The van der Waals surface area contributed by atoms with Crippen LogP contribution in [0.25, 0.3) is 0 Å². The van der Waals surface area contributed by atoms with Gasteiger partial charge in [-0.2, -0.15) is 0 Å². The highest BCUT2D eigenvalue weighted by molar-refractivity contribution is 6.31. The van der Waals surface area contributed by atoms with Crippen molar-refractivity contribution in [1.82, 2.24) is 5.32 Å². The fraction of sp³-hybridized carbons (Fsp3) is 0.429. The Labute approximate surface area is 161 Å². The van der Waals surface area contributed by atoms with Crippen molar-refractivity contribution in [2.24, 2.45) is 0 Å². The molecule has 4 nitrogen and oxygen atoms in total. The number of aryl methyl sites for hydroxylation is 1. The topological polar surface area (TPSA) is 50.7 Å². The van der Waals surface area contributed by atoms with E-state index in [1.165, 1.54) is 5.56 Å².